The Morgan fingerprint density at radius 2 is 1.21 bits per heavy atom. The van der Waals surface area contributed by atoms with Gasteiger partial charge in [0.1, 0.15) is 30.2 Å². The third-order valence-corrected chi connectivity index (χ3v) is 7.61. The molecule has 0 amide bonds. The van der Waals surface area contributed by atoms with Crippen LogP contribution in [0, 0.1) is 0 Å². The van der Waals surface area contributed by atoms with E-state index < -0.39 is 46.6 Å². The number of carbonyl (C=O) groups excluding carboxylic acids is 1. The van der Waals surface area contributed by atoms with Crippen molar-refractivity contribution in [3.8, 4) is 0 Å². The van der Waals surface area contributed by atoms with Crippen LogP contribution in [0.1, 0.15) is 116 Å². The van der Waals surface area contributed by atoms with Crippen LogP contribution in [0.5, 0.6) is 0 Å². The van der Waals surface area contributed by atoms with E-state index in [2.05, 4.69) is 6.92 Å². The van der Waals surface area contributed by atoms with Crippen LogP contribution < -0.4 is 0 Å². The number of aliphatic hydroxyl groups excluding tert-OH is 3. The average Bonchev–Trinajstić information content (AvgIpc) is 2.86. The molecule has 0 aromatic heterocycles. The van der Waals surface area contributed by atoms with E-state index in [-0.39, 0.29) is 19.2 Å². The Morgan fingerprint density at radius 1 is 0.711 bits per heavy atom. The van der Waals surface area contributed by atoms with Gasteiger partial charge < -0.3 is 29.5 Å². The number of unbranched alkanes of at least 4 members (excludes halogenated alkanes) is 14. The lowest BCUT2D eigenvalue weighted by Crippen LogP contribution is -2.59. The summed E-state index contributed by atoms with van der Waals surface area (Å²) < 4.78 is 46.8. The highest BCUT2D eigenvalue weighted by Gasteiger charge is 2.45. The molecule has 1 aliphatic heterocycles. The van der Waals surface area contributed by atoms with Crippen LogP contribution in [-0.4, -0.2) is 83.9 Å². The second kappa shape index (κ2) is 21.0. The maximum Gasteiger partial charge on any atom is 0.305 e. The highest BCUT2D eigenvalue weighted by Crippen LogP contribution is 2.23. The summed E-state index contributed by atoms with van der Waals surface area (Å²) in [6.45, 7) is 2.37. The number of hydrogen-bond donors (Lipinski definition) is 4. The highest BCUT2D eigenvalue weighted by atomic mass is 32.2. The summed E-state index contributed by atoms with van der Waals surface area (Å²) in [5, 5.41) is 29.7. The number of ether oxygens (including phenoxy) is 3. The number of aliphatic hydroxyl groups is 3. The molecule has 0 saturated carbocycles. The minimum absolute atomic E-state index is 0.00930. The van der Waals surface area contributed by atoms with Crippen molar-refractivity contribution in [2.24, 2.45) is 0 Å². The molecular formula is C27H52O10S. The van der Waals surface area contributed by atoms with Gasteiger partial charge in [-0.25, -0.2) is 0 Å². The number of carbonyl (C=O) groups is 1. The van der Waals surface area contributed by atoms with Crippen molar-refractivity contribution in [3.05, 3.63) is 0 Å². The van der Waals surface area contributed by atoms with Crippen LogP contribution >= 0.6 is 0 Å². The quantitative estimate of drug-likeness (QED) is 0.0809. The van der Waals surface area contributed by atoms with Crippen LogP contribution in [0.4, 0.5) is 0 Å². The molecule has 4 N–H and O–H groups in total. The molecule has 1 heterocycles. The molecular weight excluding hydrogens is 516 g/mol. The topological polar surface area (TPSA) is 160 Å². The number of rotatable bonds is 23. The first-order chi connectivity index (χ1) is 18.2. The summed E-state index contributed by atoms with van der Waals surface area (Å²) in [6.07, 6.45) is 11.7. The van der Waals surface area contributed by atoms with Crippen molar-refractivity contribution in [3.63, 3.8) is 0 Å². The van der Waals surface area contributed by atoms with Crippen LogP contribution in [-0.2, 0) is 29.1 Å². The van der Waals surface area contributed by atoms with Gasteiger partial charge >= 0.3 is 5.97 Å². The Labute approximate surface area is 229 Å². The standard InChI is InChI=1S/C27H52O10S/c1-2-3-4-5-6-7-8-9-10-11-12-13-14-15-16-18-23(28)35-19-17-20-36-27-26(31)25(30)24(29)22(37-27)21-38(32,33)34/h22,24-27,29-31H,2-21H2,1H3,(H,32,33,34)/t22-,24-,25+,26-,27-/m1/s1. The molecule has 0 aromatic rings. The zero-order valence-corrected chi connectivity index (χ0v) is 24.0. The first-order valence-corrected chi connectivity index (χ1v) is 16.2. The number of esters is 1. The number of hydrogen-bond acceptors (Lipinski definition) is 9. The molecule has 226 valence electrons. The van der Waals surface area contributed by atoms with Crippen LogP contribution in [0.15, 0.2) is 0 Å². The van der Waals surface area contributed by atoms with E-state index in [1.807, 2.05) is 0 Å². The Morgan fingerprint density at radius 3 is 1.71 bits per heavy atom. The normalized spacial score (nSPS) is 24.0. The molecule has 1 aliphatic rings. The maximum atomic E-state index is 11.9. The van der Waals surface area contributed by atoms with Gasteiger partial charge in [-0.2, -0.15) is 8.42 Å². The molecule has 1 fully saturated rings. The first kappa shape index (κ1) is 35.2. The van der Waals surface area contributed by atoms with Gasteiger partial charge in [0.25, 0.3) is 10.1 Å². The molecule has 0 aliphatic carbocycles. The van der Waals surface area contributed by atoms with Crippen molar-refractivity contribution in [2.45, 2.75) is 147 Å². The molecule has 38 heavy (non-hydrogen) atoms. The predicted molar refractivity (Wildman–Crippen MR) is 144 cm³/mol. The summed E-state index contributed by atoms with van der Waals surface area (Å²) in [5.74, 6) is -1.23. The molecule has 0 aromatic carbocycles. The van der Waals surface area contributed by atoms with Crippen LogP contribution in [0.3, 0.4) is 0 Å². The predicted octanol–water partition coefficient (Wildman–Crippen LogP) is 3.89. The Bertz CT molecular complexity index is 702. The fourth-order valence-electron chi connectivity index (χ4n) is 4.56. The highest BCUT2D eigenvalue weighted by molar-refractivity contribution is 7.85. The van der Waals surface area contributed by atoms with E-state index in [0.717, 1.165) is 19.3 Å². The molecule has 0 spiro atoms. The third kappa shape index (κ3) is 17.0. The largest absolute Gasteiger partial charge is 0.466 e. The van der Waals surface area contributed by atoms with Gasteiger partial charge in [-0.3, -0.25) is 9.35 Å². The van der Waals surface area contributed by atoms with Gasteiger partial charge in [-0.15, -0.1) is 0 Å². The van der Waals surface area contributed by atoms with E-state index in [0.29, 0.717) is 12.8 Å². The monoisotopic (exact) mass is 568 g/mol. The Balaban J connectivity index is 1.97. The summed E-state index contributed by atoms with van der Waals surface area (Å²) in [6, 6.07) is 0. The van der Waals surface area contributed by atoms with Gasteiger partial charge in [-0.1, -0.05) is 96.8 Å². The van der Waals surface area contributed by atoms with E-state index in [1.165, 1.54) is 77.0 Å². The minimum Gasteiger partial charge on any atom is -0.466 e. The Hall–Kier alpha value is -0.820. The van der Waals surface area contributed by atoms with E-state index in [9.17, 15) is 28.5 Å². The lowest BCUT2D eigenvalue weighted by molar-refractivity contribution is -0.292. The SMILES string of the molecule is CCCCCCCCCCCCCCCCCC(=O)OCCCO[C@@H]1O[C@H](CS(=O)(=O)O)[C@@H](O)[C@H](O)[C@H]1O. The molecule has 0 radical (unpaired) electrons. The molecule has 1 rings (SSSR count). The summed E-state index contributed by atoms with van der Waals surface area (Å²) >= 11 is 0. The summed E-state index contributed by atoms with van der Waals surface area (Å²) in [4.78, 5) is 11.9. The van der Waals surface area contributed by atoms with Crippen LogP contribution in [0.25, 0.3) is 0 Å². The molecule has 5 atom stereocenters. The molecule has 11 heteroatoms. The molecule has 1 saturated heterocycles. The summed E-state index contributed by atoms with van der Waals surface area (Å²) in [5.41, 5.74) is 0. The van der Waals surface area contributed by atoms with E-state index >= 15 is 0 Å². The van der Waals surface area contributed by atoms with E-state index in [4.69, 9.17) is 18.8 Å². The second-order valence-corrected chi connectivity index (χ2v) is 11.9. The van der Waals surface area contributed by atoms with Gasteiger partial charge in [0.15, 0.2) is 6.29 Å². The van der Waals surface area contributed by atoms with Crippen molar-refractivity contribution in [1.29, 1.82) is 0 Å². The van der Waals surface area contributed by atoms with Gasteiger partial charge in [0.2, 0.25) is 0 Å². The molecule has 0 bridgehead atoms. The van der Waals surface area contributed by atoms with Crippen molar-refractivity contribution in [2.75, 3.05) is 19.0 Å². The van der Waals surface area contributed by atoms with Crippen molar-refractivity contribution < 1.29 is 47.3 Å². The minimum atomic E-state index is -4.47. The van der Waals surface area contributed by atoms with Crippen molar-refractivity contribution >= 4 is 16.1 Å². The second-order valence-electron chi connectivity index (χ2n) is 10.4. The van der Waals surface area contributed by atoms with Gasteiger partial charge in [0.05, 0.1) is 13.2 Å². The Kier molecular flexibility index (Phi) is 19.5. The zero-order chi connectivity index (χ0) is 28.2. The van der Waals surface area contributed by atoms with E-state index in [1.54, 1.807) is 0 Å². The van der Waals surface area contributed by atoms with Crippen LogP contribution in [0.2, 0.25) is 0 Å². The van der Waals surface area contributed by atoms with Gasteiger partial charge in [0, 0.05) is 12.8 Å². The third-order valence-electron chi connectivity index (χ3n) is 6.86. The lowest BCUT2D eigenvalue weighted by atomic mass is 10.00. The summed E-state index contributed by atoms with van der Waals surface area (Å²) in [7, 11) is -4.47. The first-order valence-electron chi connectivity index (χ1n) is 14.6. The fraction of sp³-hybridized carbons (Fsp3) is 0.963. The zero-order valence-electron chi connectivity index (χ0n) is 23.2. The molecule has 10 nitrogen and oxygen atoms in total. The van der Waals surface area contributed by atoms with Gasteiger partial charge in [-0.05, 0) is 6.42 Å². The molecule has 0 unspecified atom stereocenters. The average molecular weight is 569 g/mol. The maximum absolute atomic E-state index is 11.9. The lowest BCUT2D eigenvalue weighted by Gasteiger charge is -2.39. The smallest absolute Gasteiger partial charge is 0.305 e. The van der Waals surface area contributed by atoms with Crippen molar-refractivity contribution in [1.82, 2.24) is 0 Å². The fourth-order valence-corrected chi connectivity index (χ4v) is 5.25.